The van der Waals surface area contributed by atoms with Crippen LogP contribution in [0.4, 0.5) is 0 Å². The van der Waals surface area contributed by atoms with E-state index in [1.807, 2.05) is 11.0 Å². The fourth-order valence-electron chi connectivity index (χ4n) is 2.41. The molecule has 0 saturated carbocycles. The molecular weight excluding hydrogens is 276 g/mol. The predicted molar refractivity (Wildman–Crippen MR) is 80.2 cm³/mol. The summed E-state index contributed by atoms with van der Waals surface area (Å²) in [7, 11) is 0. The normalized spacial score (nSPS) is 19.5. The second-order valence-electron chi connectivity index (χ2n) is 5.70. The first-order valence-electron chi connectivity index (χ1n) is 6.84. The van der Waals surface area contributed by atoms with Crippen molar-refractivity contribution in [1.82, 2.24) is 10.2 Å². The van der Waals surface area contributed by atoms with E-state index in [1.54, 1.807) is 25.1 Å². The van der Waals surface area contributed by atoms with Crippen LogP contribution in [0.25, 0.3) is 0 Å². The maximum absolute atomic E-state index is 12.5. The van der Waals surface area contributed by atoms with Crippen LogP contribution in [0.5, 0.6) is 5.75 Å². The van der Waals surface area contributed by atoms with Crippen LogP contribution in [0.3, 0.4) is 0 Å². The molecule has 0 spiro atoms. The van der Waals surface area contributed by atoms with Gasteiger partial charge in [0.15, 0.2) is 6.10 Å². The molecule has 1 unspecified atom stereocenters. The van der Waals surface area contributed by atoms with E-state index in [1.165, 1.54) is 0 Å². The SMILES string of the molecule is CC(Oc1cccc(Cl)c1)C(=O)N1CCNCC1(C)C. The van der Waals surface area contributed by atoms with Crippen molar-refractivity contribution in [3.63, 3.8) is 0 Å². The second kappa shape index (κ2) is 6.02. The van der Waals surface area contributed by atoms with Gasteiger partial charge in [-0.2, -0.15) is 0 Å². The molecule has 1 atom stereocenters. The molecule has 1 aliphatic rings. The van der Waals surface area contributed by atoms with E-state index in [-0.39, 0.29) is 11.4 Å². The van der Waals surface area contributed by atoms with E-state index < -0.39 is 6.10 Å². The molecule has 1 saturated heterocycles. The van der Waals surface area contributed by atoms with Gasteiger partial charge < -0.3 is 15.0 Å². The van der Waals surface area contributed by atoms with E-state index in [0.29, 0.717) is 17.3 Å². The number of nitrogens with one attached hydrogen (secondary N) is 1. The van der Waals surface area contributed by atoms with Crippen LogP contribution in [-0.4, -0.2) is 42.1 Å². The lowest BCUT2D eigenvalue weighted by molar-refractivity contribution is -0.144. The van der Waals surface area contributed by atoms with Crippen LogP contribution in [0.2, 0.25) is 5.02 Å². The summed E-state index contributed by atoms with van der Waals surface area (Å²) in [6.45, 7) is 8.21. The molecule has 1 aromatic carbocycles. The smallest absolute Gasteiger partial charge is 0.263 e. The zero-order valence-electron chi connectivity index (χ0n) is 12.1. The number of carbonyl (C=O) groups is 1. The van der Waals surface area contributed by atoms with Crippen LogP contribution in [0.1, 0.15) is 20.8 Å². The van der Waals surface area contributed by atoms with Crippen molar-refractivity contribution in [2.75, 3.05) is 19.6 Å². The number of halogens is 1. The molecule has 4 nitrogen and oxygen atoms in total. The Hall–Kier alpha value is -1.26. The van der Waals surface area contributed by atoms with Crippen molar-refractivity contribution < 1.29 is 9.53 Å². The molecule has 110 valence electrons. The quantitative estimate of drug-likeness (QED) is 0.931. The largest absolute Gasteiger partial charge is 0.481 e. The minimum Gasteiger partial charge on any atom is -0.481 e. The number of amides is 1. The summed E-state index contributed by atoms with van der Waals surface area (Å²) in [6.07, 6.45) is -0.522. The van der Waals surface area contributed by atoms with Crippen molar-refractivity contribution in [3.8, 4) is 5.75 Å². The zero-order valence-corrected chi connectivity index (χ0v) is 12.9. The van der Waals surface area contributed by atoms with Gasteiger partial charge in [0.25, 0.3) is 5.91 Å². The number of piperazine rings is 1. The van der Waals surface area contributed by atoms with E-state index in [9.17, 15) is 4.79 Å². The lowest BCUT2D eigenvalue weighted by Crippen LogP contribution is -2.62. The average molecular weight is 297 g/mol. The highest BCUT2D eigenvalue weighted by molar-refractivity contribution is 6.30. The first-order chi connectivity index (χ1) is 9.40. The van der Waals surface area contributed by atoms with E-state index in [0.717, 1.165) is 13.1 Å². The number of ether oxygens (including phenoxy) is 1. The maximum Gasteiger partial charge on any atom is 0.263 e. The lowest BCUT2D eigenvalue weighted by atomic mass is 9.99. The average Bonchev–Trinajstić information content (AvgIpc) is 2.37. The van der Waals surface area contributed by atoms with Gasteiger partial charge in [-0.1, -0.05) is 17.7 Å². The third-order valence-electron chi connectivity index (χ3n) is 3.52. The Morgan fingerprint density at radius 2 is 2.25 bits per heavy atom. The standard InChI is InChI=1S/C15H21ClN2O2/c1-11(20-13-6-4-5-12(16)9-13)14(19)18-8-7-17-10-15(18,2)3/h4-6,9,11,17H,7-8,10H2,1-3H3. The zero-order chi connectivity index (χ0) is 14.8. The maximum atomic E-state index is 12.5. The van der Waals surface area contributed by atoms with Crippen molar-refractivity contribution in [2.45, 2.75) is 32.4 Å². The topological polar surface area (TPSA) is 41.6 Å². The molecular formula is C15H21ClN2O2. The summed E-state index contributed by atoms with van der Waals surface area (Å²) in [5, 5.41) is 3.91. The van der Waals surface area contributed by atoms with Crippen LogP contribution >= 0.6 is 11.6 Å². The number of hydrogen-bond acceptors (Lipinski definition) is 3. The summed E-state index contributed by atoms with van der Waals surface area (Å²) in [5.74, 6) is 0.628. The van der Waals surface area contributed by atoms with E-state index >= 15 is 0 Å². The highest BCUT2D eigenvalue weighted by atomic mass is 35.5. The fourth-order valence-corrected chi connectivity index (χ4v) is 2.59. The van der Waals surface area contributed by atoms with Gasteiger partial charge in [-0.05, 0) is 39.0 Å². The molecule has 1 amide bonds. The first-order valence-corrected chi connectivity index (χ1v) is 7.22. The number of benzene rings is 1. The molecule has 0 bridgehead atoms. The van der Waals surface area contributed by atoms with Crippen LogP contribution in [0, 0.1) is 0 Å². The molecule has 0 aliphatic carbocycles. The third kappa shape index (κ3) is 3.44. The Morgan fingerprint density at radius 1 is 1.50 bits per heavy atom. The van der Waals surface area contributed by atoms with E-state index in [2.05, 4.69) is 19.2 Å². The molecule has 5 heteroatoms. The minimum atomic E-state index is -0.522. The fraction of sp³-hybridized carbons (Fsp3) is 0.533. The number of nitrogens with zero attached hydrogens (tertiary/aromatic N) is 1. The summed E-state index contributed by atoms with van der Waals surface area (Å²) in [5.41, 5.74) is -0.193. The van der Waals surface area contributed by atoms with Crippen LogP contribution < -0.4 is 10.1 Å². The van der Waals surface area contributed by atoms with Crippen molar-refractivity contribution in [1.29, 1.82) is 0 Å². The summed E-state index contributed by atoms with van der Waals surface area (Å²) in [4.78, 5) is 14.4. The van der Waals surface area contributed by atoms with Gasteiger partial charge in [-0.3, -0.25) is 4.79 Å². The summed E-state index contributed by atoms with van der Waals surface area (Å²) < 4.78 is 5.71. The second-order valence-corrected chi connectivity index (χ2v) is 6.13. The summed E-state index contributed by atoms with van der Waals surface area (Å²) >= 11 is 5.92. The van der Waals surface area contributed by atoms with E-state index in [4.69, 9.17) is 16.3 Å². The molecule has 1 aromatic rings. The van der Waals surface area contributed by atoms with Crippen LogP contribution in [-0.2, 0) is 4.79 Å². The molecule has 1 aliphatic heterocycles. The highest BCUT2D eigenvalue weighted by Gasteiger charge is 2.35. The van der Waals surface area contributed by atoms with Gasteiger partial charge in [0, 0.05) is 30.2 Å². The Morgan fingerprint density at radius 3 is 2.90 bits per heavy atom. The van der Waals surface area contributed by atoms with Crippen LogP contribution in [0.15, 0.2) is 24.3 Å². The molecule has 1 N–H and O–H groups in total. The number of carbonyl (C=O) groups excluding carboxylic acids is 1. The molecule has 1 heterocycles. The first kappa shape index (κ1) is 15.1. The highest BCUT2D eigenvalue weighted by Crippen LogP contribution is 2.21. The molecule has 1 fully saturated rings. The Bertz CT molecular complexity index is 491. The Kier molecular flexibility index (Phi) is 4.55. The van der Waals surface area contributed by atoms with Gasteiger partial charge in [-0.15, -0.1) is 0 Å². The molecule has 0 aromatic heterocycles. The van der Waals surface area contributed by atoms with Crippen molar-refractivity contribution in [2.24, 2.45) is 0 Å². The minimum absolute atomic E-state index is 0.0106. The van der Waals surface area contributed by atoms with Gasteiger partial charge in [0.05, 0.1) is 0 Å². The summed E-state index contributed by atoms with van der Waals surface area (Å²) in [6, 6.07) is 7.11. The number of hydrogen-bond donors (Lipinski definition) is 1. The third-order valence-corrected chi connectivity index (χ3v) is 3.76. The number of rotatable bonds is 3. The van der Waals surface area contributed by atoms with Gasteiger partial charge in [0.2, 0.25) is 0 Å². The molecule has 2 rings (SSSR count). The Balaban J connectivity index is 2.05. The molecule has 20 heavy (non-hydrogen) atoms. The predicted octanol–water partition coefficient (Wildman–Crippen LogP) is 2.32. The monoisotopic (exact) mass is 296 g/mol. The van der Waals surface area contributed by atoms with Gasteiger partial charge in [0.1, 0.15) is 5.75 Å². The van der Waals surface area contributed by atoms with Gasteiger partial charge >= 0.3 is 0 Å². The molecule has 0 radical (unpaired) electrons. The Labute approximate surface area is 125 Å². The van der Waals surface area contributed by atoms with Crippen molar-refractivity contribution in [3.05, 3.63) is 29.3 Å². The van der Waals surface area contributed by atoms with Gasteiger partial charge in [-0.25, -0.2) is 0 Å². The van der Waals surface area contributed by atoms with Crippen molar-refractivity contribution >= 4 is 17.5 Å². The lowest BCUT2D eigenvalue weighted by Gasteiger charge is -2.43.